The first-order valence-electron chi connectivity index (χ1n) is 10.5. The largest absolute Gasteiger partial charge is 0.467 e. The van der Waals surface area contributed by atoms with Crippen LogP contribution in [0, 0.1) is 5.41 Å². The summed E-state index contributed by atoms with van der Waals surface area (Å²) in [5.41, 5.74) is 4.34. The highest BCUT2D eigenvalue weighted by atomic mass is 16.3. The van der Waals surface area contributed by atoms with Crippen LogP contribution < -0.4 is 10.6 Å². The van der Waals surface area contributed by atoms with Crippen molar-refractivity contribution in [2.24, 2.45) is 5.41 Å². The van der Waals surface area contributed by atoms with E-state index in [1.165, 1.54) is 0 Å². The Morgan fingerprint density at radius 3 is 2.52 bits per heavy atom. The van der Waals surface area contributed by atoms with Crippen molar-refractivity contribution in [3.63, 3.8) is 0 Å². The lowest BCUT2D eigenvalue weighted by atomic mass is 9.74. The van der Waals surface area contributed by atoms with Crippen LogP contribution in [0.1, 0.15) is 54.4 Å². The van der Waals surface area contributed by atoms with Crippen LogP contribution in [0.25, 0.3) is 0 Å². The maximum absolute atomic E-state index is 13.2. The molecule has 5 heteroatoms. The molecule has 5 nitrogen and oxygen atoms in total. The Labute approximate surface area is 181 Å². The Morgan fingerprint density at radius 1 is 0.968 bits per heavy atom. The van der Waals surface area contributed by atoms with Crippen LogP contribution in [0.15, 0.2) is 82.6 Å². The lowest BCUT2D eigenvalue weighted by Crippen LogP contribution is -2.31. The second kappa shape index (κ2) is 7.27. The van der Waals surface area contributed by atoms with E-state index in [4.69, 9.17) is 4.42 Å². The number of rotatable bonds is 3. The van der Waals surface area contributed by atoms with Gasteiger partial charge in [-0.25, -0.2) is 0 Å². The van der Waals surface area contributed by atoms with E-state index in [-0.39, 0.29) is 17.0 Å². The first-order chi connectivity index (χ1) is 14.9. The van der Waals surface area contributed by atoms with Gasteiger partial charge in [-0.1, -0.05) is 44.2 Å². The summed E-state index contributed by atoms with van der Waals surface area (Å²) in [7, 11) is 0. The number of furan rings is 1. The highest BCUT2D eigenvalue weighted by Crippen LogP contribution is 2.45. The standard InChI is InChI=1S/C26H24N2O3/c1-26(2)14-20-23(21(29)15-26)24(22-9-6-12-31-22)28-19-13-17(10-11-18(19)27-20)25(30)16-7-4-3-5-8-16/h3-13,24,27-28H,14-15H2,1-2H3. The molecule has 1 unspecified atom stereocenters. The molecule has 0 amide bonds. The van der Waals surface area contributed by atoms with E-state index in [0.29, 0.717) is 28.9 Å². The van der Waals surface area contributed by atoms with Crippen molar-refractivity contribution in [2.45, 2.75) is 32.7 Å². The van der Waals surface area contributed by atoms with Gasteiger partial charge in [0.15, 0.2) is 11.6 Å². The molecule has 31 heavy (non-hydrogen) atoms. The zero-order chi connectivity index (χ0) is 21.6. The molecular weight excluding hydrogens is 388 g/mol. The minimum absolute atomic E-state index is 0.0427. The Bertz CT molecular complexity index is 1190. The third-order valence-corrected chi connectivity index (χ3v) is 5.94. The Morgan fingerprint density at radius 2 is 1.77 bits per heavy atom. The molecule has 1 aromatic heterocycles. The van der Waals surface area contributed by atoms with Gasteiger partial charge in [-0.15, -0.1) is 0 Å². The highest BCUT2D eigenvalue weighted by molar-refractivity contribution is 6.10. The summed E-state index contributed by atoms with van der Waals surface area (Å²) in [5.74, 6) is 0.745. The molecule has 2 N–H and O–H groups in total. The molecule has 0 saturated heterocycles. The number of benzene rings is 2. The Hall–Kier alpha value is -3.60. The van der Waals surface area contributed by atoms with Crippen molar-refractivity contribution >= 4 is 22.9 Å². The number of carbonyl (C=O) groups is 2. The quantitative estimate of drug-likeness (QED) is 0.537. The molecule has 5 rings (SSSR count). The molecular formula is C26H24N2O3. The van der Waals surface area contributed by atoms with E-state index in [2.05, 4.69) is 24.5 Å². The van der Waals surface area contributed by atoms with Crippen LogP contribution >= 0.6 is 0 Å². The first-order valence-corrected chi connectivity index (χ1v) is 10.5. The normalized spacial score (nSPS) is 19.5. The summed E-state index contributed by atoms with van der Waals surface area (Å²) in [4.78, 5) is 26.2. The molecule has 1 aliphatic carbocycles. The van der Waals surface area contributed by atoms with Gasteiger partial charge in [-0.05, 0) is 42.2 Å². The molecule has 0 radical (unpaired) electrons. The summed E-state index contributed by atoms with van der Waals surface area (Å²) in [6.45, 7) is 4.22. The van der Waals surface area contributed by atoms with E-state index >= 15 is 0 Å². The number of nitrogens with one attached hydrogen (secondary N) is 2. The van der Waals surface area contributed by atoms with Crippen LogP contribution in [-0.2, 0) is 4.79 Å². The average molecular weight is 412 g/mol. The predicted molar refractivity (Wildman–Crippen MR) is 120 cm³/mol. The monoisotopic (exact) mass is 412 g/mol. The predicted octanol–water partition coefficient (Wildman–Crippen LogP) is 5.73. The molecule has 2 aromatic carbocycles. The van der Waals surface area contributed by atoms with Gasteiger partial charge in [0.25, 0.3) is 0 Å². The van der Waals surface area contributed by atoms with E-state index in [9.17, 15) is 9.59 Å². The summed E-state index contributed by atoms with van der Waals surface area (Å²) in [6.07, 6.45) is 2.86. The molecule has 2 heterocycles. The van der Waals surface area contributed by atoms with Crippen LogP contribution in [0.4, 0.5) is 11.4 Å². The molecule has 2 aliphatic rings. The zero-order valence-electron chi connectivity index (χ0n) is 17.6. The molecule has 0 bridgehead atoms. The fraction of sp³-hybridized carbons (Fsp3) is 0.231. The van der Waals surface area contributed by atoms with Gasteiger partial charge >= 0.3 is 0 Å². The van der Waals surface area contributed by atoms with Crippen molar-refractivity contribution in [1.82, 2.24) is 0 Å². The zero-order valence-corrected chi connectivity index (χ0v) is 17.6. The van der Waals surface area contributed by atoms with E-state index in [1.807, 2.05) is 60.7 Å². The maximum atomic E-state index is 13.2. The number of allylic oxidation sites excluding steroid dienone is 1. The van der Waals surface area contributed by atoms with Gasteiger partial charge in [0, 0.05) is 28.8 Å². The third kappa shape index (κ3) is 3.56. The third-order valence-electron chi connectivity index (χ3n) is 5.94. The number of fused-ring (bicyclic) bond motifs is 1. The second-order valence-electron chi connectivity index (χ2n) is 9.01. The molecule has 0 spiro atoms. The average Bonchev–Trinajstić information content (AvgIpc) is 3.22. The van der Waals surface area contributed by atoms with Gasteiger partial charge in [0.2, 0.25) is 0 Å². The fourth-order valence-electron chi connectivity index (χ4n) is 4.51. The van der Waals surface area contributed by atoms with Crippen molar-refractivity contribution in [3.05, 3.63) is 95.1 Å². The second-order valence-corrected chi connectivity index (χ2v) is 9.01. The molecule has 3 aromatic rings. The summed E-state index contributed by atoms with van der Waals surface area (Å²) < 4.78 is 5.70. The number of anilines is 2. The number of ketones is 2. The summed E-state index contributed by atoms with van der Waals surface area (Å²) in [6, 6.07) is 18.1. The Balaban J connectivity index is 1.59. The Kier molecular flexibility index (Phi) is 4.54. The van der Waals surface area contributed by atoms with Crippen molar-refractivity contribution in [2.75, 3.05) is 10.6 Å². The van der Waals surface area contributed by atoms with Crippen LogP contribution in [0.3, 0.4) is 0 Å². The minimum atomic E-state index is -0.413. The van der Waals surface area contributed by atoms with E-state index in [1.54, 1.807) is 6.26 Å². The maximum Gasteiger partial charge on any atom is 0.193 e. The van der Waals surface area contributed by atoms with Crippen LogP contribution in [0.5, 0.6) is 0 Å². The van der Waals surface area contributed by atoms with Crippen molar-refractivity contribution in [1.29, 1.82) is 0 Å². The number of carbonyl (C=O) groups excluding carboxylic acids is 2. The number of hydrogen-bond donors (Lipinski definition) is 2. The minimum Gasteiger partial charge on any atom is -0.467 e. The highest BCUT2D eigenvalue weighted by Gasteiger charge is 2.39. The lowest BCUT2D eigenvalue weighted by Gasteiger charge is -2.33. The van der Waals surface area contributed by atoms with Gasteiger partial charge < -0.3 is 15.1 Å². The van der Waals surface area contributed by atoms with Crippen LogP contribution in [-0.4, -0.2) is 11.6 Å². The molecule has 1 aliphatic heterocycles. The molecule has 0 saturated carbocycles. The first kappa shape index (κ1) is 19.4. The molecule has 0 fully saturated rings. The molecule has 1 atom stereocenters. The summed E-state index contributed by atoms with van der Waals surface area (Å²) in [5, 5.41) is 6.97. The number of hydrogen-bond acceptors (Lipinski definition) is 5. The van der Waals surface area contributed by atoms with Gasteiger partial charge in [-0.2, -0.15) is 0 Å². The van der Waals surface area contributed by atoms with Crippen molar-refractivity contribution < 1.29 is 14.0 Å². The smallest absolute Gasteiger partial charge is 0.193 e. The van der Waals surface area contributed by atoms with Crippen molar-refractivity contribution in [3.8, 4) is 0 Å². The van der Waals surface area contributed by atoms with E-state index < -0.39 is 6.04 Å². The van der Waals surface area contributed by atoms with Gasteiger partial charge in [0.05, 0.1) is 17.6 Å². The van der Waals surface area contributed by atoms with Crippen LogP contribution in [0.2, 0.25) is 0 Å². The SMILES string of the molecule is CC1(C)CC(=O)C2=C(C1)Nc1ccc(C(=O)c3ccccc3)cc1NC2c1ccco1. The lowest BCUT2D eigenvalue weighted by molar-refractivity contribution is -0.118. The summed E-state index contributed by atoms with van der Waals surface area (Å²) >= 11 is 0. The topological polar surface area (TPSA) is 71.3 Å². The van der Waals surface area contributed by atoms with E-state index in [0.717, 1.165) is 23.5 Å². The molecule has 156 valence electrons. The van der Waals surface area contributed by atoms with Gasteiger partial charge in [-0.3, -0.25) is 9.59 Å². The van der Waals surface area contributed by atoms with Gasteiger partial charge in [0.1, 0.15) is 11.8 Å². The number of Topliss-reactive ketones (excluding diaryl/α,β-unsaturated/α-hetero) is 1. The fourth-order valence-corrected chi connectivity index (χ4v) is 4.51.